The third kappa shape index (κ3) is 4.04. The molecule has 3 aliphatic rings. The molecule has 1 N–H and O–H groups in total. The average Bonchev–Trinajstić information content (AvgIpc) is 3.05. The second kappa shape index (κ2) is 7.94. The van der Waals surface area contributed by atoms with E-state index in [1.165, 1.54) is 0 Å². The van der Waals surface area contributed by atoms with Crippen molar-refractivity contribution in [2.24, 2.45) is 5.92 Å². The van der Waals surface area contributed by atoms with Gasteiger partial charge in [0.05, 0.1) is 6.20 Å². The third-order valence-electron chi connectivity index (χ3n) is 5.75. The Morgan fingerprint density at radius 2 is 1.96 bits per heavy atom. The average molecular weight is 366 g/mol. The van der Waals surface area contributed by atoms with Crippen LogP contribution in [0.15, 0.2) is 42.7 Å². The molecular formula is C21H26N4O2. The van der Waals surface area contributed by atoms with Gasteiger partial charge < -0.3 is 9.80 Å². The summed E-state index contributed by atoms with van der Waals surface area (Å²) in [7, 11) is 0. The van der Waals surface area contributed by atoms with Gasteiger partial charge in [-0.25, -0.2) is 0 Å². The van der Waals surface area contributed by atoms with E-state index in [1.807, 2.05) is 52.5 Å². The number of aromatic amines is 1. The summed E-state index contributed by atoms with van der Waals surface area (Å²) >= 11 is 0. The van der Waals surface area contributed by atoms with Gasteiger partial charge in [0.1, 0.15) is 0 Å². The van der Waals surface area contributed by atoms with Crippen LogP contribution in [-0.2, 0) is 11.2 Å². The van der Waals surface area contributed by atoms with Crippen molar-refractivity contribution >= 4 is 11.8 Å². The van der Waals surface area contributed by atoms with E-state index in [1.54, 1.807) is 0 Å². The summed E-state index contributed by atoms with van der Waals surface area (Å²) in [4.78, 5) is 29.7. The smallest absolute Gasteiger partial charge is 0.253 e. The predicted octanol–water partition coefficient (Wildman–Crippen LogP) is 2.50. The summed E-state index contributed by atoms with van der Waals surface area (Å²) < 4.78 is 0. The van der Waals surface area contributed by atoms with Crippen LogP contribution in [0.4, 0.5) is 0 Å². The van der Waals surface area contributed by atoms with E-state index >= 15 is 0 Å². The lowest BCUT2D eigenvalue weighted by Gasteiger charge is -2.36. The van der Waals surface area contributed by atoms with Crippen molar-refractivity contribution in [2.75, 3.05) is 19.6 Å². The Bertz CT molecular complexity index is 775. The number of hydrogen-bond acceptors (Lipinski definition) is 3. The minimum absolute atomic E-state index is 0.0850. The second-order valence-corrected chi connectivity index (χ2v) is 7.68. The van der Waals surface area contributed by atoms with Crippen LogP contribution < -0.4 is 0 Å². The molecule has 1 aromatic heterocycles. The fourth-order valence-electron chi connectivity index (χ4n) is 4.32. The van der Waals surface area contributed by atoms with E-state index in [9.17, 15) is 9.59 Å². The maximum Gasteiger partial charge on any atom is 0.253 e. The Morgan fingerprint density at radius 3 is 2.74 bits per heavy atom. The van der Waals surface area contributed by atoms with Gasteiger partial charge >= 0.3 is 0 Å². The number of rotatable bonds is 5. The quantitative estimate of drug-likeness (QED) is 0.884. The molecule has 0 spiro atoms. The van der Waals surface area contributed by atoms with Crippen LogP contribution in [0.1, 0.15) is 41.6 Å². The molecule has 4 heterocycles. The Kier molecular flexibility index (Phi) is 5.23. The molecule has 6 heteroatoms. The maximum atomic E-state index is 12.9. The fraction of sp³-hybridized carbons (Fsp3) is 0.476. The molecule has 2 bridgehead atoms. The first kappa shape index (κ1) is 17.8. The summed E-state index contributed by atoms with van der Waals surface area (Å²) in [6, 6.07) is 9.61. The Labute approximate surface area is 159 Å². The minimum Gasteiger partial charge on any atom is -0.338 e. The monoisotopic (exact) mass is 366 g/mol. The number of amides is 2. The van der Waals surface area contributed by atoms with Gasteiger partial charge in [0, 0.05) is 43.9 Å². The number of H-pyrrole nitrogens is 1. The molecule has 3 fully saturated rings. The van der Waals surface area contributed by atoms with Crippen LogP contribution >= 0.6 is 0 Å². The number of nitrogens with one attached hydrogen (secondary N) is 1. The Hall–Kier alpha value is -2.63. The van der Waals surface area contributed by atoms with Gasteiger partial charge in [-0.3, -0.25) is 14.7 Å². The molecule has 3 saturated heterocycles. The highest BCUT2D eigenvalue weighted by Gasteiger charge is 2.38. The van der Waals surface area contributed by atoms with Gasteiger partial charge in [0.2, 0.25) is 5.91 Å². The molecule has 0 radical (unpaired) electrons. The predicted molar refractivity (Wildman–Crippen MR) is 102 cm³/mol. The normalized spacial score (nSPS) is 21.9. The van der Waals surface area contributed by atoms with Crippen molar-refractivity contribution in [1.29, 1.82) is 0 Å². The summed E-state index contributed by atoms with van der Waals surface area (Å²) in [5, 5.41) is 6.75. The first-order valence-corrected chi connectivity index (χ1v) is 9.82. The van der Waals surface area contributed by atoms with E-state index in [0.717, 1.165) is 49.9 Å². The zero-order valence-corrected chi connectivity index (χ0v) is 15.5. The first-order valence-electron chi connectivity index (χ1n) is 9.82. The lowest BCUT2D eigenvalue weighted by Crippen LogP contribution is -2.47. The van der Waals surface area contributed by atoms with Gasteiger partial charge in [-0.15, -0.1) is 0 Å². The van der Waals surface area contributed by atoms with Crippen molar-refractivity contribution in [3.63, 3.8) is 0 Å². The SMILES string of the molecule is O=C(c1ccccc1)N1C[C@@H]2CC[C@H](C1)N(C(=O)CCCc1cn[nH]c1)C2. The zero-order chi connectivity index (χ0) is 18.6. The molecule has 1 aromatic carbocycles. The zero-order valence-electron chi connectivity index (χ0n) is 15.5. The number of hydrogen-bond donors (Lipinski definition) is 1. The standard InChI is InChI=1S/C21H26N4O2/c26-20(8-4-5-16-11-22-23-12-16)25-14-17-9-10-19(25)15-24(13-17)21(27)18-6-2-1-3-7-18/h1-3,6-7,11-12,17,19H,4-5,8-10,13-15H2,(H,22,23)/t17-,19+/m0/s1. The van der Waals surface area contributed by atoms with Gasteiger partial charge in [-0.1, -0.05) is 18.2 Å². The first-order chi connectivity index (χ1) is 13.2. The Morgan fingerprint density at radius 1 is 1.11 bits per heavy atom. The number of carbonyl (C=O) groups is 2. The van der Waals surface area contributed by atoms with E-state index < -0.39 is 0 Å². The van der Waals surface area contributed by atoms with Crippen molar-refractivity contribution < 1.29 is 9.59 Å². The molecule has 0 aliphatic carbocycles. The van der Waals surface area contributed by atoms with Crippen LogP contribution in [-0.4, -0.2) is 57.5 Å². The van der Waals surface area contributed by atoms with E-state index in [0.29, 0.717) is 18.9 Å². The molecule has 3 aliphatic heterocycles. The van der Waals surface area contributed by atoms with Crippen molar-refractivity contribution in [1.82, 2.24) is 20.0 Å². The number of aromatic nitrogens is 2. The maximum absolute atomic E-state index is 12.9. The molecule has 6 nitrogen and oxygen atoms in total. The molecule has 0 unspecified atom stereocenters. The molecule has 0 saturated carbocycles. The third-order valence-corrected chi connectivity index (χ3v) is 5.75. The fourth-order valence-corrected chi connectivity index (χ4v) is 4.32. The summed E-state index contributed by atoms with van der Waals surface area (Å²) in [5.41, 5.74) is 1.87. The molecular weight excluding hydrogens is 340 g/mol. The molecule has 2 aromatic rings. The topological polar surface area (TPSA) is 69.3 Å². The number of aryl methyl sites for hydroxylation is 1. The second-order valence-electron chi connectivity index (χ2n) is 7.68. The number of fused-ring (bicyclic) bond motifs is 4. The van der Waals surface area contributed by atoms with Crippen molar-refractivity contribution in [2.45, 2.75) is 38.1 Å². The molecule has 27 heavy (non-hydrogen) atoms. The molecule has 142 valence electrons. The molecule has 2 amide bonds. The lowest BCUT2D eigenvalue weighted by atomic mass is 9.94. The van der Waals surface area contributed by atoms with Gasteiger partial charge in [-0.05, 0) is 49.3 Å². The molecule has 2 atom stereocenters. The highest BCUT2D eigenvalue weighted by atomic mass is 16.2. The highest BCUT2D eigenvalue weighted by Crippen LogP contribution is 2.29. The largest absolute Gasteiger partial charge is 0.338 e. The van der Waals surface area contributed by atoms with Crippen molar-refractivity contribution in [3.05, 3.63) is 53.9 Å². The number of nitrogens with zero attached hydrogens (tertiary/aromatic N) is 3. The van der Waals surface area contributed by atoms with Crippen molar-refractivity contribution in [3.8, 4) is 0 Å². The van der Waals surface area contributed by atoms with Crippen LogP contribution in [0.3, 0.4) is 0 Å². The van der Waals surface area contributed by atoms with Crippen LogP contribution in [0.2, 0.25) is 0 Å². The minimum atomic E-state index is 0.0850. The van der Waals surface area contributed by atoms with Gasteiger partial charge in [0.25, 0.3) is 5.91 Å². The number of carbonyl (C=O) groups excluding carboxylic acids is 2. The van der Waals surface area contributed by atoms with Crippen LogP contribution in [0.5, 0.6) is 0 Å². The Balaban J connectivity index is 1.37. The summed E-state index contributed by atoms with van der Waals surface area (Å²) in [5.74, 6) is 0.693. The summed E-state index contributed by atoms with van der Waals surface area (Å²) in [6.45, 7) is 2.19. The van der Waals surface area contributed by atoms with Crippen LogP contribution in [0.25, 0.3) is 0 Å². The number of piperidine rings is 1. The molecule has 5 rings (SSSR count). The highest BCUT2D eigenvalue weighted by molar-refractivity contribution is 5.94. The summed E-state index contributed by atoms with van der Waals surface area (Å²) in [6.07, 6.45) is 8.04. The lowest BCUT2D eigenvalue weighted by molar-refractivity contribution is -0.135. The van der Waals surface area contributed by atoms with E-state index in [2.05, 4.69) is 10.2 Å². The number of benzene rings is 1. The van der Waals surface area contributed by atoms with Gasteiger partial charge in [-0.2, -0.15) is 5.10 Å². The van der Waals surface area contributed by atoms with Gasteiger partial charge in [0.15, 0.2) is 0 Å². The van der Waals surface area contributed by atoms with E-state index in [4.69, 9.17) is 0 Å². The van der Waals surface area contributed by atoms with Crippen LogP contribution in [0, 0.1) is 5.92 Å². The van der Waals surface area contributed by atoms with E-state index in [-0.39, 0.29) is 17.9 Å².